The SMILES string of the molecule is COc1ccccc1C1CC(c2cccn2C)=NN1C(=O)CN(CCN1CCOCC1)C(=O)c1ccc(C(F)(F)F)cc1. The van der Waals surface area contributed by atoms with Crippen LogP contribution in [0.4, 0.5) is 13.2 Å². The Morgan fingerprint density at radius 3 is 2.42 bits per heavy atom. The van der Waals surface area contributed by atoms with Crippen LogP contribution in [0.5, 0.6) is 5.75 Å². The van der Waals surface area contributed by atoms with Crippen molar-refractivity contribution >= 4 is 17.5 Å². The number of aromatic nitrogens is 1. The van der Waals surface area contributed by atoms with Crippen LogP contribution in [0.3, 0.4) is 0 Å². The molecular formula is C31H34F3N5O4. The number of aryl methyl sites for hydroxylation is 1. The summed E-state index contributed by atoms with van der Waals surface area (Å²) in [5.74, 6) is -0.337. The lowest BCUT2D eigenvalue weighted by atomic mass is 9.99. The van der Waals surface area contributed by atoms with E-state index in [1.807, 2.05) is 54.2 Å². The second-order valence-electron chi connectivity index (χ2n) is 10.5. The van der Waals surface area contributed by atoms with E-state index in [1.54, 1.807) is 7.11 Å². The first kappa shape index (κ1) is 30.3. The van der Waals surface area contributed by atoms with E-state index in [-0.39, 0.29) is 18.7 Å². The number of hydrogen-bond donors (Lipinski definition) is 0. The Bertz CT molecular complexity index is 1460. The van der Waals surface area contributed by atoms with Crippen molar-refractivity contribution in [2.75, 3.05) is 53.0 Å². The number of rotatable bonds is 9. The number of para-hydroxylation sites is 1. The molecule has 0 radical (unpaired) electrons. The van der Waals surface area contributed by atoms with Crippen molar-refractivity contribution in [2.45, 2.75) is 18.6 Å². The molecule has 3 heterocycles. The minimum absolute atomic E-state index is 0.0680. The number of nitrogens with zero attached hydrogens (tertiary/aromatic N) is 5. The van der Waals surface area contributed by atoms with Gasteiger partial charge in [-0.05, 0) is 42.5 Å². The maximum atomic E-state index is 14.0. The van der Waals surface area contributed by atoms with Gasteiger partial charge in [0.2, 0.25) is 0 Å². The van der Waals surface area contributed by atoms with E-state index >= 15 is 0 Å². The number of methoxy groups -OCH3 is 1. The highest BCUT2D eigenvalue weighted by atomic mass is 19.4. The molecule has 1 aromatic heterocycles. The summed E-state index contributed by atoms with van der Waals surface area (Å²) in [4.78, 5) is 31.2. The summed E-state index contributed by atoms with van der Waals surface area (Å²) < 4.78 is 52.4. The summed E-state index contributed by atoms with van der Waals surface area (Å²) in [5, 5.41) is 6.14. The summed E-state index contributed by atoms with van der Waals surface area (Å²) in [6.07, 6.45) is -2.19. The van der Waals surface area contributed by atoms with Crippen LogP contribution in [0.15, 0.2) is 72.0 Å². The Morgan fingerprint density at radius 2 is 1.77 bits per heavy atom. The first-order valence-corrected chi connectivity index (χ1v) is 14.1. The van der Waals surface area contributed by atoms with Crippen molar-refractivity contribution in [3.05, 3.63) is 89.2 Å². The van der Waals surface area contributed by atoms with E-state index in [0.29, 0.717) is 50.7 Å². The van der Waals surface area contributed by atoms with Gasteiger partial charge in [0.25, 0.3) is 11.8 Å². The van der Waals surface area contributed by atoms with Crippen LogP contribution in [0.1, 0.15) is 39.6 Å². The van der Waals surface area contributed by atoms with Crippen molar-refractivity contribution in [3.8, 4) is 5.75 Å². The van der Waals surface area contributed by atoms with Crippen LogP contribution < -0.4 is 4.74 Å². The standard InChI is InChI=1S/C31H34F3N5O4/c1-36-13-5-7-26(36)25-20-27(24-6-3-4-8-28(24)42-2)39(35-25)29(40)21-38(15-14-37-16-18-43-19-17-37)30(41)22-9-11-23(12-10-22)31(32,33)34/h3-13,27H,14-21H2,1-2H3. The van der Waals surface area contributed by atoms with Crippen LogP contribution >= 0.6 is 0 Å². The Kier molecular flexibility index (Phi) is 9.16. The zero-order valence-electron chi connectivity index (χ0n) is 24.1. The van der Waals surface area contributed by atoms with Crippen molar-refractivity contribution in [2.24, 2.45) is 12.1 Å². The van der Waals surface area contributed by atoms with Gasteiger partial charge in [-0.1, -0.05) is 18.2 Å². The largest absolute Gasteiger partial charge is 0.496 e. The van der Waals surface area contributed by atoms with E-state index in [9.17, 15) is 22.8 Å². The molecule has 0 spiro atoms. The summed E-state index contributed by atoms with van der Waals surface area (Å²) in [5.41, 5.74) is 1.57. The Labute approximate surface area is 248 Å². The van der Waals surface area contributed by atoms with Gasteiger partial charge in [0.15, 0.2) is 0 Å². The van der Waals surface area contributed by atoms with Gasteiger partial charge in [-0.25, -0.2) is 5.01 Å². The second kappa shape index (κ2) is 13.0. The molecule has 1 saturated heterocycles. The first-order chi connectivity index (χ1) is 20.7. The zero-order chi connectivity index (χ0) is 30.6. The smallest absolute Gasteiger partial charge is 0.416 e. The Morgan fingerprint density at radius 1 is 1.05 bits per heavy atom. The maximum absolute atomic E-state index is 14.0. The zero-order valence-corrected chi connectivity index (χ0v) is 24.1. The highest BCUT2D eigenvalue weighted by molar-refractivity contribution is 6.03. The van der Waals surface area contributed by atoms with Gasteiger partial charge in [-0.15, -0.1) is 0 Å². The number of benzene rings is 2. The maximum Gasteiger partial charge on any atom is 0.416 e. The summed E-state index contributed by atoms with van der Waals surface area (Å²) in [6, 6.07) is 14.8. The van der Waals surface area contributed by atoms with Crippen LogP contribution in [0.2, 0.25) is 0 Å². The number of alkyl halides is 3. The molecule has 9 nitrogen and oxygen atoms in total. The topological polar surface area (TPSA) is 79.6 Å². The van der Waals surface area contributed by atoms with Gasteiger partial charge in [0, 0.05) is 57.0 Å². The molecule has 1 atom stereocenters. The van der Waals surface area contributed by atoms with Crippen LogP contribution in [-0.2, 0) is 22.8 Å². The summed E-state index contributed by atoms with van der Waals surface area (Å²) in [7, 11) is 3.46. The number of amides is 2. The molecule has 2 aliphatic rings. The average molecular weight is 598 g/mol. The van der Waals surface area contributed by atoms with Gasteiger partial charge >= 0.3 is 6.18 Å². The summed E-state index contributed by atoms with van der Waals surface area (Å²) >= 11 is 0. The Balaban J connectivity index is 1.43. The van der Waals surface area contributed by atoms with Crippen molar-refractivity contribution in [3.63, 3.8) is 0 Å². The van der Waals surface area contributed by atoms with Gasteiger partial charge in [-0.2, -0.15) is 18.3 Å². The molecule has 228 valence electrons. The minimum Gasteiger partial charge on any atom is -0.496 e. The van der Waals surface area contributed by atoms with E-state index < -0.39 is 29.6 Å². The summed E-state index contributed by atoms with van der Waals surface area (Å²) in [6.45, 7) is 2.88. The number of morpholine rings is 1. The molecule has 0 aliphatic carbocycles. The fraction of sp³-hybridized carbons (Fsp3) is 0.387. The number of ether oxygens (including phenoxy) is 2. The highest BCUT2D eigenvalue weighted by Gasteiger charge is 2.37. The van der Waals surface area contributed by atoms with E-state index in [1.165, 1.54) is 9.91 Å². The normalized spacial score (nSPS) is 17.6. The average Bonchev–Trinajstić information content (AvgIpc) is 3.65. The molecule has 2 aliphatic heterocycles. The van der Waals surface area contributed by atoms with Crippen molar-refractivity contribution in [1.82, 2.24) is 19.4 Å². The predicted octanol–water partition coefficient (Wildman–Crippen LogP) is 4.20. The molecular weight excluding hydrogens is 563 g/mol. The minimum atomic E-state index is -4.52. The number of hydrazone groups is 1. The van der Waals surface area contributed by atoms with Crippen LogP contribution in [-0.4, -0.2) is 89.9 Å². The third kappa shape index (κ3) is 6.91. The molecule has 0 saturated carbocycles. The monoisotopic (exact) mass is 597 g/mol. The molecule has 12 heteroatoms. The molecule has 3 aromatic rings. The fourth-order valence-electron chi connectivity index (χ4n) is 5.40. The molecule has 43 heavy (non-hydrogen) atoms. The molecule has 2 amide bonds. The van der Waals surface area contributed by atoms with Crippen molar-refractivity contribution < 1.29 is 32.2 Å². The lowest BCUT2D eigenvalue weighted by Gasteiger charge is -2.31. The predicted molar refractivity (Wildman–Crippen MR) is 154 cm³/mol. The third-order valence-electron chi connectivity index (χ3n) is 7.77. The molecule has 0 bridgehead atoms. The molecule has 5 rings (SSSR count). The first-order valence-electron chi connectivity index (χ1n) is 14.1. The number of halogens is 3. The number of hydrogen-bond acceptors (Lipinski definition) is 6. The second-order valence-corrected chi connectivity index (χ2v) is 10.5. The van der Waals surface area contributed by atoms with E-state index in [0.717, 1.165) is 35.5 Å². The van der Waals surface area contributed by atoms with Gasteiger partial charge in [0.05, 0.1) is 43.3 Å². The molecule has 0 N–H and O–H groups in total. The number of carbonyl (C=O) groups excluding carboxylic acids is 2. The lowest BCUT2D eigenvalue weighted by molar-refractivity contribution is -0.137. The van der Waals surface area contributed by atoms with E-state index in [2.05, 4.69) is 4.90 Å². The molecule has 1 unspecified atom stereocenters. The number of carbonyl (C=O) groups is 2. The van der Waals surface area contributed by atoms with Gasteiger partial charge < -0.3 is 18.9 Å². The van der Waals surface area contributed by atoms with E-state index in [4.69, 9.17) is 14.6 Å². The van der Waals surface area contributed by atoms with Crippen molar-refractivity contribution in [1.29, 1.82) is 0 Å². The quantitative estimate of drug-likeness (QED) is 0.370. The highest BCUT2D eigenvalue weighted by Crippen LogP contribution is 2.37. The van der Waals surface area contributed by atoms with Gasteiger partial charge in [-0.3, -0.25) is 14.5 Å². The van der Waals surface area contributed by atoms with Crippen LogP contribution in [0.25, 0.3) is 0 Å². The Hall–Kier alpha value is -4.16. The molecule has 1 fully saturated rings. The van der Waals surface area contributed by atoms with Crippen LogP contribution in [0, 0.1) is 0 Å². The lowest BCUT2D eigenvalue weighted by Crippen LogP contribution is -2.46. The fourth-order valence-corrected chi connectivity index (χ4v) is 5.40. The molecule has 2 aromatic carbocycles. The third-order valence-corrected chi connectivity index (χ3v) is 7.77. The van der Waals surface area contributed by atoms with Gasteiger partial charge in [0.1, 0.15) is 12.3 Å².